The van der Waals surface area contributed by atoms with Crippen molar-refractivity contribution < 1.29 is 19.4 Å². The normalized spacial score (nSPS) is 11.7. The SMILES string of the molecule is COc1ccccc1NC(=O)CC(NCCCn1ccnc1)C(=O)O. The second-order valence-electron chi connectivity index (χ2n) is 5.45. The number of imidazole rings is 1. The van der Waals surface area contributed by atoms with E-state index in [9.17, 15) is 14.7 Å². The van der Waals surface area contributed by atoms with Crippen LogP contribution in [-0.2, 0) is 16.1 Å². The highest BCUT2D eigenvalue weighted by atomic mass is 16.5. The number of para-hydroxylation sites is 2. The molecule has 8 nitrogen and oxygen atoms in total. The largest absolute Gasteiger partial charge is 0.495 e. The van der Waals surface area contributed by atoms with Crippen molar-refractivity contribution in [3.8, 4) is 5.75 Å². The number of nitrogens with one attached hydrogen (secondary N) is 2. The number of anilines is 1. The number of aromatic nitrogens is 2. The van der Waals surface area contributed by atoms with E-state index in [0.29, 0.717) is 18.0 Å². The molecular weight excluding hydrogens is 324 g/mol. The van der Waals surface area contributed by atoms with Crippen LogP contribution in [0.5, 0.6) is 5.75 Å². The van der Waals surface area contributed by atoms with Gasteiger partial charge in [-0.25, -0.2) is 4.98 Å². The van der Waals surface area contributed by atoms with Crippen LogP contribution in [0, 0.1) is 0 Å². The van der Waals surface area contributed by atoms with Gasteiger partial charge < -0.3 is 25.0 Å². The fourth-order valence-corrected chi connectivity index (χ4v) is 2.34. The molecule has 1 amide bonds. The summed E-state index contributed by atoms with van der Waals surface area (Å²) in [5.41, 5.74) is 0.513. The van der Waals surface area contributed by atoms with Crippen molar-refractivity contribution in [2.75, 3.05) is 19.0 Å². The minimum Gasteiger partial charge on any atom is -0.495 e. The summed E-state index contributed by atoms with van der Waals surface area (Å²) in [6.07, 6.45) is 5.80. The van der Waals surface area contributed by atoms with Crippen molar-refractivity contribution >= 4 is 17.6 Å². The third kappa shape index (κ3) is 5.92. The predicted molar refractivity (Wildman–Crippen MR) is 92.5 cm³/mol. The van der Waals surface area contributed by atoms with Crippen LogP contribution in [0.2, 0.25) is 0 Å². The molecule has 2 rings (SSSR count). The number of methoxy groups -OCH3 is 1. The fourth-order valence-electron chi connectivity index (χ4n) is 2.34. The molecule has 8 heteroatoms. The number of rotatable bonds is 10. The highest BCUT2D eigenvalue weighted by molar-refractivity contribution is 5.95. The zero-order valence-corrected chi connectivity index (χ0v) is 14.0. The summed E-state index contributed by atoms with van der Waals surface area (Å²) in [4.78, 5) is 27.4. The predicted octanol–water partition coefficient (Wildman–Crippen LogP) is 1.35. The van der Waals surface area contributed by atoms with Crippen LogP contribution in [0.15, 0.2) is 43.0 Å². The van der Waals surface area contributed by atoms with Crippen molar-refractivity contribution in [1.82, 2.24) is 14.9 Å². The van der Waals surface area contributed by atoms with Crippen LogP contribution in [0.25, 0.3) is 0 Å². The van der Waals surface area contributed by atoms with Crippen molar-refractivity contribution in [1.29, 1.82) is 0 Å². The highest BCUT2D eigenvalue weighted by Gasteiger charge is 2.21. The first-order chi connectivity index (χ1) is 12.1. The molecular formula is C17H22N4O4. The van der Waals surface area contributed by atoms with Gasteiger partial charge in [0.25, 0.3) is 0 Å². The van der Waals surface area contributed by atoms with Gasteiger partial charge >= 0.3 is 5.97 Å². The van der Waals surface area contributed by atoms with Crippen molar-refractivity contribution in [3.63, 3.8) is 0 Å². The topological polar surface area (TPSA) is 105 Å². The third-order valence-electron chi connectivity index (χ3n) is 3.61. The summed E-state index contributed by atoms with van der Waals surface area (Å²) in [5.74, 6) is -0.923. The zero-order chi connectivity index (χ0) is 18.1. The Morgan fingerprint density at radius 3 is 2.84 bits per heavy atom. The molecule has 2 aromatic rings. The Morgan fingerprint density at radius 1 is 1.36 bits per heavy atom. The molecule has 134 valence electrons. The van der Waals surface area contributed by atoms with E-state index in [2.05, 4.69) is 15.6 Å². The van der Waals surface area contributed by atoms with Gasteiger partial charge in [0.15, 0.2) is 0 Å². The lowest BCUT2D eigenvalue weighted by molar-refractivity contribution is -0.141. The van der Waals surface area contributed by atoms with Crippen LogP contribution < -0.4 is 15.4 Å². The van der Waals surface area contributed by atoms with Gasteiger partial charge in [0.1, 0.15) is 11.8 Å². The molecule has 0 fully saturated rings. The number of nitrogens with zero attached hydrogens (tertiary/aromatic N) is 2. The Morgan fingerprint density at radius 2 is 2.16 bits per heavy atom. The average molecular weight is 346 g/mol. The maximum Gasteiger partial charge on any atom is 0.321 e. The second-order valence-corrected chi connectivity index (χ2v) is 5.45. The Kier molecular flexibility index (Phi) is 6.97. The first-order valence-corrected chi connectivity index (χ1v) is 7.95. The standard InChI is InChI=1S/C17H22N4O4/c1-25-15-6-3-2-5-13(15)20-16(22)11-14(17(23)24)19-7-4-9-21-10-8-18-12-21/h2-3,5-6,8,10,12,14,19H,4,7,9,11H2,1H3,(H,20,22)(H,23,24). The van der Waals surface area contributed by atoms with Gasteiger partial charge in [-0.3, -0.25) is 9.59 Å². The number of ether oxygens (including phenoxy) is 1. The number of amides is 1. The number of aliphatic carboxylic acids is 1. The Balaban J connectivity index is 1.81. The first-order valence-electron chi connectivity index (χ1n) is 7.95. The molecule has 0 saturated carbocycles. The molecule has 3 N–H and O–H groups in total. The van der Waals surface area contributed by atoms with Gasteiger partial charge in [-0.15, -0.1) is 0 Å². The number of carbonyl (C=O) groups is 2. The second kappa shape index (κ2) is 9.43. The third-order valence-corrected chi connectivity index (χ3v) is 3.61. The lowest BCUT2D eigenvalue weighted by Crippen LogP contribution is -2.40. The minimum absolute atomic E-state index is 0.168. The molecule has 1 atom stereocenters. The van der Waals surface area contributed by atoms with E-state index in [0.717, 1.165) is 13.0 Å². The fraction of sp³-hybridized carbons (Fsp3) is 0.353. The number of benzene rings is 1. The number of carbonyl (C=O) groups excluding carboxylic acids is 1. The van der Waals surface area contributed by atoms with Crippen LogP contribution in [0.3, 0.4) is 0 Å². The number of carboxylic acid groups (broad SMARTS) is 1. The van der Waals surface area contributed by atoms with E-state index in [1.807, 2.05) is 10.8 Å². The smallest absolute Gasteiger partial charge is 0.321 e. The minimum atomic E-state index is -1.06. The average Bonchev–Trinajstić information content (AvgIpc) is 3.11. The van der Waals surface area contributed by atoms with E-state index in [1.165, 1.54) is 7.11 Å². The molecule has 1 aromatic heterocycles. The van der Waals surface area contributed by atoms with Crippen LogP contribution in [0.1, 0.15) is 12.8 Å². The first kappa shape index (κ1) is 18.5. The number of carboxylic acids is 1. The summed E-state index contributed by atoms with van der Waals surface area (Å²) in [7, 11) is 1.51. The summed E-state index contributed by atoms with van der Waals surface area (Å²) < 4.78 is 7.07. The lowest BCUT2D eigenvalue weighted by Gasteiger charge is -2.15. The molecule has 0 aliphatic rings. The van der Waals surface area contributed by atoms with Gasteiger partial charge in [0.2, 0.25) is 5.91 Å². The Labute approximate surface area is 145 Å². The zero-order valence-electron chi connectivity index (χ0n) is 14.0. The molecule has 0 bridgehead atoms. The molecule has 0 radical (unpaired) electrons. The quantitative estimate of drug-likeness (QED) is 0.561. The molecule has 0 spiro atoms. The molecule has 0 aliphatic heterocycles. The summed E-state index contributed by atoms with van der Waals surface area (Å²) in [6.45, 7) is 1.21. The molecule has 0 aliphatic carbocycles. The number of aryl methyl sites for hydroxylation is 1. The van der Waals surface area contributed by atoms with Gasteiger partial charge in [0, 0.05) is 18.9 Å². The lowest BCUT2D eigenvalue weighted by atomic mass is 10.2. The molecule has 1 heterocycles. The molecule has 0 saturated heterocycles. The maximum atomic E-state index is 12.1. The highest BCUT2D eigenvalue weighted by Crippen LogP contribution is 2.23. The molecule has 1 aromatic carbocycles. The Hall–Kier alpha value is -2.87. The van der Waals surface area contributed by atoms with Crippen LogP contribution in [0.4, 0.5) is 5.69 Å². The van der Waals surface area contributed by atoms with Gasteiger partial charge in [-0.1, -0.05) is 12.1 Å². The van der Waals surface area contributed by atoms with Crippen molar-refractivity contribution in [2.45, 2.75) is 25.4 Å². The molecule has 25 heavy (non-hydrogen) atoms. The number of hydrogen-bond donors (Lipinski definition) is 3. The van der Waals surface area contributed by atoms with E-state index in [-0.39, 0.29) is 12.3 Å². The van der Waals surface area contributed by atoms with Crippen LogP contribution >= 0.6 is 0 Å². The van der Waals surface area contributed by atoms with Crippen molar-refractivity contribution in [2.24, 2.45) is 0 Å². The Bertz CT molecular complexity index is 688. The van der Waals surface area contributed by atoms with Crippen molar-refractivity contribution in [3.05, 3.63) is 43.0 Å². The summed E-state index contributed by atoms with van der Waals surface area (Å²) in [6, 6.07) is 6.03. The monoisotopic (exact) mass is 346 g/mol. The van der Waals surface area contributed by atoms with E-state index in [1.54, 1.807) is 36.8 Å². The van der Waals surface area contributed by atoms with Gasteiger partial charge in [-0.2, -0.15) is 0 Å². The maximum absolute atomic E-state index is 12.1. The van der Waals surface area contributed by atoms with E-state index < -0.39 is 12.0 Å². The summed E-state index contributed by atoms with van der Waals surface area (Å²) in [5, 5.41) is 14.9. The van der Waals surface area contributed by atoms with Gasteiger partial charge in [0.05, 0.1) is 25.5 Å². The van der Waals surface area contributed by atoms with Gasteiger partial charge in [-0.05, 0) is 25.1 Å². The van der Waals surface area contributed by atoms with Crippen LogP contribution in [-0.4, -0.2) is 46.2 Å². The van der Waals surface area contributed by atoms with E-state index in [4.69, 9.17) is 4.74 Å². The number of hydrogen-bond acceptors (Lipinski definition) is 5. The summed E-state index contributed by atoms with van der Waals surface area (Å²) >= 11 is 0. The molecule has 1 unspecified atom stereocenters. The van der Waals surface area contributed by atoms with E-state index >= 15 is 0 Å².